The summed E-state index contributed by atoms with van der Waals surface area (Å²) in [6.07, 6.45) is 0. The number of hydrogen-bond donors (Lipinski definition) is 2. The van der Waals surface area contributed by atoms with E-state index in [1.165, 1.54) is 6.07 Å². The fraction of sp³-hybridized carbons (Fsp3) is 0. The number of hydrogen-bond acceptors (Lipinski definition) is 3. The van der Waals surface area contributed by atoms with Gasteiger partial charge in [0.25, 0.3) is 0 Å². The molecule has 0 aliphatic carbocycles. The van der Waals surface area contributed by atoms with Crippen LogP contribution in [0.15, 0.2) is 46.0 Å². The third-order valence-corrected chi connectivity index (χ3v) is 3.48. The van der Waals surface area contributed by atoms with Crippen molar-refractivity contribution in [2.24, 2.45) is 10.9 Å². The van der Waals surface area contributed by atoms with Crippen molar-refractivity contribution in [2.45, 2.75) is 0 Å². The Bertz CT molecular complexity index is 677. The van der Waals surface area contributed by atoms with Crippen LogP contribution < -0.4 is 10.5 Å². The quantitative estimate of drug-likeness (QED) is 0.355. The first-order valence-electron chi connectivity index (χ1n) is 5.41. The summed E-state index contributed by atoms with van der Waals surface area (Å²) in [5.41, 5.74) is 5.98. The molecule has 0 aliphatic heterocycles. The standard InChI is InChI=1S/C13H9BrCl2N2O2/c14-7-1-3-10(16)12(5-7)20-11-4-2-8(15)6-9(11)13(17)18-19/h1-6,19H,(H2,17,18). The fourth-order valence-electron chi connectivity index (χ4n) is 1.52. The molecule has 0 heterocycles. The lowest BCUT2D eigenvalue weighted by molar-refractivity contribution is 0.318. The van der Waals surface area contributed by atoms with Gasteiger partial charge in [-0.1, -0.05) is 44.3 Å². The van der Waals surface area contributed by atoms with Gasteiger partial charge in [0.15, 0.2) is 5.84 Å². The zero-order valence-corrected chi connectivity index (χ0v) is 13.1. The third-order valence-electron chi connectivity index (χ3n) is 2.44. The summed E-state index contributed by atoms with van der Waals surface area (Å²) in [6.45, 7) is 0. The van der Waals surface area contributed by atoms with Gasteiger partial charge in [0.1, 0.15) is 11.5 Å². The number of nitrogens with zero attached hydrogens (tertiary/aromatic N) is 1. The molecule has 0 unspecified atom stereocenters. The number of ether oxygens (including phenoxy) is 1. The van der Waals surface area contributed by atoms with Crippen LogP contribution in [-0.4, -0.2) is 11.0 Å². The molecular weight excluding hydrogens is 367 g/mol. The van der Waals surface area contributed by atoms with Gasteiger partial charge in [0.2, 0.25) is 0 Å². The van der Waals surface area contributed by atoms with Crippen molar-refractivity contribution in [3.8, 4) is 11.5 Å². The summed E-state index contributed by atoms with van der Waals surface area (Å²) >= 11 is 15.3. The highest BCUT2D eigenvalue weighted by Gasteiger charge is 2.12. The number of benzene rings is 2. The number of nitrogens with two attached hydrogens (primary N) is 1. The van der Waals surface area contributed by atoms with Crippen molar-refractivity contribution in [1.29, 1.82) is 0 Å². The van der Waals surface area contributed by atoms with Crippen molar-refractivity contribution in [3.63, 3.8) is 0 Å². The molecule has 104 valence electrons. The van der Waals surface area contributed by atoms with Crippen LogP contribution in [0.1, 0.15) is 5.56 Å². The molecule has 0 saturated carbocycles. The Labute approximate surface area is 133 Å². The fourth-order valence-corrected chi connectivity index (χ4v) is 2.19. The van der Waals surface area contributed by atoms with E-state index in [1.54, 1.807) is 30.3 Å². The molecule has 7 heteroatoms. The largest absolute Gasteiger partial charge is 0.455 e. The van der Waals surface area contributed by atoms with Crippen LogP contribution in [0.2, 0.25) is 10.0 Å². The lowest BCUT2D eigenvalue weighted by atomic mass is 10.2. The molecule has 3 N–H and O–H groups in total. The van der Waals surface area contributed by atoms with E-state index < -0.39 is 0 Å². The predicted octanol–water partition coefficient (Wildman–Crippen LogP) is 4.64. The highest BCUT2D eigenvalue weighted by molar-refractivity contribution is 9.10. The molecule has 0 amide bonds. The van der Waals surface area contributed by atoms with E-state index in [1.807, 2.05) is 0 Å². The molecule has 0 atom stereocenters. The van der Waals surface area contributed by atoms with E-state index in [9.17, 15) is 0 Å². The van der Waals surface area contributed by atoms with E-state index in [2.05, 4.69) is 21.1 Å². The normalized spacial score (nSPS) is 11.4. The first kappa shape index (κ1) is 15.0. The van der Waals surface area contributed by atoms with Crippen molar-refractivity contribution in [3.05, 3.63) is 56.5 Å². The molecule has 0 saturated heterocycles. The maximum absolute atomic E-state index is 8.80. The molecular formula is C13H9BrCl2N2O2. The maximum atomic E-state index is 8.80. The lowest BCUT2D eigenvalue weighted by Gasteiger charge is -2.12. The minimum Gasteiger partial charge on any atom is -0.455 e. The Morgan fingerprint density at radius 3 is 2.60 bits per heavy atom. The van der Waals surface area contributed by atoms with E-state index in [4.69, 9.17) is 38.9 Å². The Hall–Kier alpha value is -1.43. The second kappa shape index (κ2) is 6.35. The molecule has 0 aliphatic rings. The molecule has 4 nitrogen and oxygen atoms in total. The van der Waals surface area contributed by atoms with Crippen molar-refractivity contribution in [2.75, 3.05) is 0 Å². The van der Waals surface area contributed by atoms with Crippen molar-refractivity contribution in [1.82, 2.24) is 0 Å². The van der Waals surface area contributed by atoms with Gasteiger partial charge in [-0.25, -0.2) is 0 Å². The van der Waals surface area contributed by atoms with Crippen molar-refractivity contribution < 1.29 is 9.94 Å². The van der Waals surface area contributed by atoms with Gasteiger partial charge in [0, 0.05) is 9.50 Å². The molecule has 2 aromatic rings. The Balaban J connectivity index is 2.46. The summed E-state index contributed by atoms with van der Waals surface area (Å²) in [7, 11) is 0. The smallest absolute Gasteiger partial charge is 0.173 e. The van der Waals surface area contributed by atoms with Gasteiger partial charge in [0.05, 0.1) is 10.6 Å². The summed E-state index contributed by atoms with van der Waals surface area (Å²) in [6, 6.07) is 10.00. The minimum atomic E-state index is -0.103. The van der Waals surface area contributed by atoms with Gasteiger partial charge in [-0.15, -0.1) is 0 Å². The van der Waals surface area contributed by atoms with Crippen LogP contribution in [0.4, 0.5) is 0 Å². The van der Waals surface area contributed by atoms with E-state index in [-0.39, 0.29) is 5.84 Å². The molecule has 0 radical (unpaired) electrons. The summed E-state index contributed by atoms with van der Waals surface area (Å²) in [5, 5.41) is 12.6. The lowest BCUT2D eigenvalue weighted by Crippen LogP contribution is -2.14. The number of amidine groups is 1. The molecule has 0 bridgehead atoms. The maximum Gasteiger partial charge on any atom is 0.173 e. The average molecular weight is 376 g/mol. The van der Waals surface area contributed by atoms with Gasteiger partial charge in [-0.2, -0.15) is 0 Å². The monoisotopic (exact) mass is 374 g/mol. The molecule has 0 spiro atoms. The van der Waals surface area contributed by atoms with Gasteiger partial charge < -0.3 is 15.7 Å². The van der Waals surface area contributed by atoms with E-state index in [0.717, 1.165) is 4.47 Å². The van der Waals surface area contributed by atoms with Crippen LogP contribution >= 0.6 is 39.1 Å². The minimum absolute atomic E-state index is 0.103. The van der Waals surface area contributed by atoms with Gasteiger partial charge >= 0.3 is 0 Å². The average Bonchev–Trinajstić information content (AvgIpc) is 2.43. The molecule has 0 fully saturated rings. The molecule has 20 heavy (non-hydrogen) atoms. The zero-order chi connectivity index (χ0) is 14.7. The van der Waals surface area contributed by atoms with Crippen molar-refractivity contribution >= 4 is 45.0 Å². The topological polar surface area (TPSA) is 67.8 Å². The van der Waals surface area contributed by atoms with Gasteiger partial charge in [-0.3, -0.25) is 0 Å². The molecule has 2 rings (SSSR count). The van der Waals surface area contributed by atoms with Crippen LogP contribution in [0, 0.1) is 0 Å². The second-order valence-electron chi connectivity index (χ2n) is 3.80. The third kappa shape index (κ3) is 3.36. The van der Waals surface area contributed by atoms with E-state index >= 15 is 0 Å². The number of oxime groups is 1. The second-order valence-corrected chi connectivity index (χ2v) is 5.56. The van der Waals surface area contributed by atoms with E-state index in [0.29, 0.717) is 27.1 Å². The summed E-state index contributed by atoms with van der Waals surface area (Å²) in [4.78, 5) is 0. The summed E-state index contributed by atoms with van der Waals surface area (Å²) < 4.78 is 6.52. The zero-order valence-electron chi connectivity index (χ0n) is 9.98. The first-order chi connectivity index (χ1) is 9.51. The predicted molar refractivity (Wildman–Crippen MR) is 83.2 cm³/mol. The Kier molecular flexibility index (Phi) is 4.75. The molecule has 0 aromatic heterocycles. The van der Waals surface area contributed by atoms with Crippen LogP contribution in [0.25, 0.3) is 0 Å². The Morgan fingerprint density at radius 2 is 1.90 bits per heavy atom. The van der Waals surface area contributed by atoms with Crippen LogP contribution in [0.3, 0.4) is 0 Å². The highest BCUT2D eigenvalue weighted by Crippen LogP contribution is 2.34. The van der Waals surface area contributed by atoms with Crippen LogP contribution in [0.5, 0.6) is 11.5 Å². The Morgan fingerprint density at radius 1 is 1.15 bits per heavy atom. The number of halogens is 3. The SMILES string of the molecule is NC(=NO)c1cc(Cl)ccc1Oc1cc(Br)ccc1Cl. The van der Waals surface area contributed by atoms with Crippen LogP contribution in [-0.2, 0) is 0 Å². The number of rotatable bonds is 3. The highest BCUT2D eigenvalue weighted by atomic mass is 79.9. The molecule has 2 aromatic carbocycles. The summed E-state index contributed by atoms with van der Waals surface area (Å²) in [5.74, 6) is 0.716. The first-order valence-corrected chi connectivity index (χ1v) is 6.96. The van der Waals surface area contributed by atoms with Gasteiger partial charge in [-0.05, 0) is 36.4 Å².